The highest BCUT2D eigenvalue weighted by Crippen LogP contribution is 2.19. The van der Waals surface area contributed by atoms with E-state index in [0.29, 0.717) is 5.92 Å². The first-order valence-corrected chi connectivity index (χ1v) is 7.34. The first kappa shape index (κ1) is 14.8. The molecule has 0 saturated carbocycles. The molecule has 2 heteroatoms. The summed E-state index contributed by atoms with van der Waals surface area (Å²) in [5.74, 6) is 0.551. The summed E-state index contributed by atoms with van der Waals surface area (Å²) in [6, 6.07) is 19.3. The van der Waals surface area contributed by atoms with Gasteiger partial charge in [-0.1, -0.05) is 61.5 Å². The molecule has 0 radical (unpaired) electrons. The van der Waals surface area contributed by atoms with Crippen LogP contribution in [-0.4, -0.2) is 19.6 Å². The Hall–Kier alpha value is -1.64. The number of hydrogen-bond acceptors (Lipinski definition) is 2. The normalized spacial score (nSPS) is 12.3. The highest BCUT2D eigenvalue weighted by Gasteiger charge is 1.99. The van der Waals surface area contributed by atoms with Gasteiger partial charge in [0.05, 0.1) is 0 Å². The molecular weight excluding hydrogens is 244 g/mol. The Morgan fingerprint density at radius 2 is 1.60 bits per heavy atom. The molecule has 0 saturated heterocycles. The molecule has 1 unspecified atom stereocenters. The standard InChI is InChI=1S/C18H24N2/c1-15(13-19)14-20-12-11-16-7-9-18(10-8-16)17-5-3-2-4-6-17/h2-10,15,20H,11-14,19H2,1H3. The van der Waals surface area contributed by atoms with Crippen molar-refractivity contribution in [3.63, 3.8) is 0 Å². The van der Waals surface area contributed by atoms with Crippen molar-refractivity contribution >= 4 is 0 Å². The van der Waals surface area contributed by atoms with Crippen LogP contribution in [0.4, 0.5) is 0 Å². The molecular formula is C18H24N2. The van der Waals surface area contributed by atoms with E-state index in [-0.39, 0.29) is 0 Å². The second kappa shape index (κ2) is 7.83. The van der Waals surface area contributed by atoms with Crippen LogP contribution >= 0.6 is 0 Å². The van der Waals surface area contributed by atoms with E-state index in [9.17, 15) is 0 Å². The molecule has 3 N–H and O–H groups in total. The van der Waals surface area contributed by atoms with E-state index in [1.54, 1.807) is 0 Å². The third-order valence-corrected chi connectivity index (χ3v) is 3.55. The van der Waals surface area contributed by atoms with Crippen molar-refractivity contribution in [2.24, 2.45) is 11.7 Å². The van der Waals surface area contributed by atoms with Gasteiger partial charge in [-0.2, -0.15) is 0 Å². The fraction of sp³-hybridized carbons (Fsp3) is 0.333. The van der Waals surface area contributed by atoms with E-state index in [2.05, 4.69) is 60.8 Å². The lowest BCUT2D eigenvalue weighted by atomic mass is 10.0. The van der Waals surface area contributed by atoms with Gasteiger partial charge in [-0.3, -0.25) is 0 Å². The zero-order valence-corrected chi connectivity index (χ0v) is 12.2. The van der Waals surface area contributed by atoms with Crippen molar-refractivity contribution in [3.05, 3.63) is 60.2 Å². The third-order valence-electron chi connectivity index (χ3n) is 3.55. The van der Waals surface area contributed by atoms with E-state index >= 15 is 0 Å². The SMILES string of the molecule is CC(CN)CNCCc1ccc(-c2ccccc2)cc1. The molecule has 0 aliphatic heterocycles. The molecule has 0 bridgehead atoms. The zero-order chi connectivity index (χ0) is 14.2. The average molecular weight is 268 g/mol. The van der Waals surface area contributed by atoms with E-state index < -0.39 is 0 Å². The lowest BCUT2D eigenvalue weighted by molar-refractivity contribution is 0.524. The van der Waals surface area contributed by atoms with Crippen molar-refractivity contribution in [1.82, 2.24) is 5.32 Å². The quantitative estimate of drug-likeness (QED) is 0.757. The number of rotatable bonds is 7. The number of nitrogens with two attached hydrogens (primary N) is 1. The summed E-state index contributed by atoms with van der Waals surface area (Å²) >= 11 is 0. The Bertz CT molecular complexity index is 491. The van der Waals surface area contributed by atoms with Gasteiger partial charge in [0.1, 0.15) is 0 Å². The van der Waals surface area contributed by atoms with Crippen LogP contribution in [0.3, 0.4) is 0 Å². The molecule has 0 fully saturated rings. The second-order valence-corrected chi connectivity index (χ2v) is 5.36. The van der Waals surface area contributed by atoms with E-state index in [0.717, 1.165) is 26.1 Å². The minimum absolute atomic E-state index is 0.551. The van der Waals surface area contributed by atoms with Gasteiger partial charge >= 0.3 is 0 Å². The molecule has 106 valence electrons. The van der Waals surface area contributed by atoms with Crippen molar-refractivity contribution in [2.75, 3.05) is 19.6 Å². The molecule has 1 atom stereocenters. The van der Waals surface area contributed by atoms with Gasteiger partial charge in [0.15, 0.2) is 0 Å². The molecule has 0 heterocycles. The summed E-state index contributed by atoms with van der Waals surface area (Å²) in [5, 5.41) is 3.45. The Kier molecular flexibility index (Phi) is 5.78. The van der Waals surface area contributed by atoms with Crippen LogP contribution in [0, 0.1) is 5.92 Å². The zero-order valence-electron chi connectivity index (χ0n) is 12.2. The van der Waals surface area contributed by atoms with E-state index in [4.69, 9.17) is 5.73 Å². The summed E-state index contributed by atoms with van der Waals surface area (Å²) in [5.41, 5.74) is 9.52. The van der Waals surface area contributed by atoms with Crippen LogP contribution in [0.15, 0.2) is 54.6 Å². The summed E-state index contributed by atoms with van der Waals surface area (Å²) in [6.07, 6.45) is 1.06. The van der Waals surface area contributed by atoms with Crippen molar-refractivity contribution in [2.45, 2.75) is 13.3 Å². The van der Waals surface area contributed by atoms with E-state index in [1.807, 2.05) is 6.07 Å². The molecule has 2 aromatic rings. The van der Waals surface area contributed by atoms with Crippen molar-refractivity contribution < 1.29 is 0 Å². The lowest BCUT2D eigenvalue weighted by Gasteiger charge is -2.10. The molecule has 20 heavy (non-hydrogen) atoms. The summed E-state index contributed by atoms with van der Waals surface area (Å²) in [4.78, 5) is 0. The molecule has 2 rings (SSSR count). The monoisotopic (exact) mass is 268 g/mol. The number of hydrogen-bond donors (Lipinski definition) is 2. The Morgan fingerprint density at radius 1 is 0.950 bits per heavy atom. The maximum Gasteiger partial charge on any atom is -0.000823 e. The average Bonchev–Trinajstić information content (AvgIpc) is 2.52. The second-order valence-electron chi connectivity index (χ2n) is 5.36. The van der Waals surface area contributed by atoms with Gasteiger partial charge in [0.25, 0.3) is 0 Å². The highest BCUT2D eigenvalue weighted by molar-refractivity contribution is 5.63. The summed E-state index contributed by atoms with van der Waals surface area (Å²) in [6.45, 7) is 4.92. The fourth-order valence-electron chi connectivity index (χ4n) is 2.16. The van der Waals surface area contributed by atoms with Crippen LogP contribution in [0.1, 0.15) is 12.5 Å². The van der Waals surface area contributed by atoms with Crippen LogP contribution < -0.4 is 11.1 Å². The molecule has 0 aliphatic carbocycles. The first-order chi connectivity index (χ1) is 9.79. The van der Waals surface area contributed by atoms with Crippen LogP contribution in [-0.2, 0) is 6.42 Å². The van der Waals surface area contributed by atoms with Crippen LogP contribution in [0.25, 0.3) is 11.1 Å². The topological polar surface area (TPSA) is 38.0 Å². The smallest absolute Gasteiger partial charge is 0.000823 e. The Labute approximate surface area is 122 Å². The fourth-order valence-corrected chi connectivity index (χ4v) is 2.16. The van der Waals surface area contributed by atoms with E-state index in [1.165, 1.54) is 16.7 Å². The van der Waals surface area contributed by atoms with Gasteiger partial charge in [0, 0.05) is 0 Å². The van der Waals surface area contributed by atoms with Gasteiger partial charge in [-0.05, 0) is 48.7 Å². The Morgan fingerprint density at radius 3 is 2.25 bits per heavy atom. The van der Waals surface area contributed by atoms with Crippen LogP contribution in [0.5, 0.6) is 0 Å². The predicted molar refractivity (Wildman–Crippen MR) is 86.7 cm³/mol. The number of benzene rings is 2. The molecule has 2 nitrogen and oxygen atoms in total. The largest absolute Gasteiger partial charge is 0.330 e. The Balaban J connectivity index is 1.83. The van der Waals surface area contributed by atoms with Crippen LogP contribution in [0.2, 0.25) is 0 Å². The predicted octanol–water partition coefficient (Wildman–Crippen LogP) is 3.08. The van der Waals surface area contributed by atoms with Gasteiger partial charge in [-0.15, -0.1) is 0 Å². The maximum absolute atomic E-state index is 5.60. The third kappa shape index (κ3) is 4.48. The number of nitrogens with one attached hydrogen (secondary N) is 1. The summed E-state index contributed by atoms with van der Waals surface area (Å²) < 4.78 is 0. The van der Waals surface area contributed by atoms with Gasteiger partial charge in [0.2, 0.25) is 0 Å². The van der Waals surface area contributed by atoms with Crippen molar-refractivity contribution in [3.8, 4) is 11.1 Å². The van der Waals surface area contributed by atoms with Crippen molar-refractivity contribution in [1.29, 1.82) is 0 Å². The minimum atomic E-state index is 0.551. The maximum atomic E-state index is 5.60. The van der Waals surface area contributed by atoms with Gasteiger partial charge in [-0.25, -0.2) is 0 Å². The van der Waals surface area contributed by atoms with Gasteiger partial charge < -0.3 is 11.1 Å². The first-order valence-electron chi connectivity index (χ1n) is 7.34. The minimum Gasteiger partial charge on any atom is -0.330 e. The lowest BCUT2D eigenvalue weighted by Crippen LogP contribution is -2.27. The highest BCUT2D eigenvalue weighted by atomic mass is 14.9. The molecule has 0 spiro atoms. The molecule has 0 aliphatic rings. The molecule has 0 amide bonds. The molecule has 0 aromatic heterocycles. The molecule has 2 aromatic carbocycles. The summed E-state index contributed by atoms with van der Waals surface area (Å²) in [7, 11) is 0.